The second-order valence-corrected chi connectivity index (χ2v) is 3.54. The van der Waals surface area contributed by atoms with E-state index in [-0.39, 0.29) is 17.9 Å². The van der Waals surface area contributed by atoms with Crippen LogP contribution in [0.2, 0.25) is 0 Å². The summed E-state index contributed by atoms with van der Waals surface area (Å²) in [6, 6.07) is -0.878. The summed E-state index contributed by atoms with van der Waals surface area (Å²) < 4.78 is 0. The van der Waals surface area contributed by atoms with Crippen LogP contribution in [0.5, 0.6) is 0 Å². The first-order chi connectivity index (χ1) is 6.57. The quantitative estimate of drug-likeness (QED) is 0.603. The van der Waals surface area contributed by atoms with E-state index in [9.17, 15) is 9.59 Å². The number of nitrogens with zero attached hydrogens (tertiary/aromatic N) is 1. The Kier molecular flexibility index (Phi) is 3.46. The third-order valence-corrected chi connectivity index (χ3v) is 2.39. The van der Waals surface area contributed by atoms with Gasteiger partial charge in [0.2, 0.25) is 11.8 Å². The Morgan fingerprint density at radius 2 is 2.43 bits per heavy atom. The van der Waals surface area contributed by atoms with E-state index in [0.29, 0.717) is 19.5 Å². The van der Waals surface area contributed by atoms with Crippen LogP contribution in [0.1, 0.15) is 20.3 Å². The summed E-state index contributed by atoms with van der Waals surface area (Å²) in [4.78, 5) is 24.6. The predicted molar refractivity (Wildman–Crippen MR) is 52.5 cm³/mol. The van der Waals surface area contributed by atoms with Crippen molar-refractivity contribution >= 4 is 11.8 Å². The van der Waals surface area contributed by atoms with E-state index in [4.69, 9.17) is 5.73 Å². The molecule has 1 unspecified atom stereocenters. The third kappa shape index (κ3) is 2.04. The molecule has 1 aliphatic rings. The summed E-state index contributed by atoms with van der Waals surface area (Å²) in [5.74, 6) is -0.223. The lowest BCUT2D eigenvalue weighted by atomic mass is 10.1. The maximum Gasteiger partial charge on any atom is 0.242 e. The number of rotatable bonds is 2. The van der Waals surface area contributed by atoms with Crippen molar-refractivity contribution in [3.05, 3.63) is 0 Å². The van der Waals surface area contributed by atoms with Crippen LogP contribution in [-0.4, -0.2) is 41.9 Å². The number of hydrogen-bond donors (Lipinski definition) is 2. The second kappa shape index (κ2) is 4.41. The van der Waals surface area contributed by atoms with Crippen molar-refractivity contribution in [1.29, 1.82) is 0 Å². The summed E-state index contributed by atoms with van der Waals surface area (Å²) >= 11 is 0. The Bertz CT molecular complexity index is 240. The standard InChI is InChI=1S/C9H17N3O2/c1-3-7-8(13)11-4-5-12(7)9(14)6(2)10/h6-7H,3-5,10H2,1-2H3,(H,11,13)/t6-,7?/m0/s1. The molecule has 0 saturated carbocycles. The van der Waals surface area contributed by atoms with Crippen LogP contribution >= 0.6 is 0 Å². The molecule has 5 nitrogen and oxygen atoms in total. The normalized spacial score (nSPS) is 24.4. The Hall–Kier alpha value is -1.10. The maximum atomic E-state index is 11.6. The molecule has 0 radical (unpaired) electrons. The third-order valence-electron chi connectivity index (χ3n) is 2.39. The van der Waals surface area contributed by atoms with Gasteiger partial charge >= 0.3 is 0 Å². The van der Waals surface area contributed by atoms with E-state index in [0.717, 1.165) is 0 Å². The van der Waals surface area contributed by atoms with Crippen molar-refractivity contribution in [2.24, 2.45) is 5.73 Å². The maximum absolute atomic E-state index is 11.6. The van der Waals surface area contributed by atoms with Gasteiger partial charge in [-0.25, -0.2) is 0 Å². The average Bonchev–Trinajstić information content (AvgIpc) is 2.16. The largest absolute Gasteiger partial charge is 0.353 e. The van der Waals surface area contributed by atoms with Crippen LogP contribution in [-0.2, 0) is 9.59 Å². The topological polar surface area (TPSA) is 75.4 Å². The zero-order chi connectivity index (χ0) is 10.7. The molecular formula is C9H17N3O2. The van der Waals surface area contributed by atoms with Gasteiger partial charge in [-0.1, -0.05) is 6.92 Å². The van der Waals surface area contributed by atoms with Crippen LogP contribution < -0.4 is 11.1 Å². The van der Waals surface area contributed by atoms with E-state index < -0.39 is 6.04 Å². The molecule has 0 aromatic heterocycles. The predicted octanol–water partition coefficient (Wildman–Crippen LogP) is -0.929. The molecule has 0 aliphatic carbocycles. The second-order valence-electron chi connectivity index (χ2n) is 3.54. The van der Waals surface area contributed by atoms with Crippen molar-refractivity contribution in [1.82, 2.24) is 10.2 Å². The molecule has 1 heterocycles. The molecular weight excluding hydrogens is 182 g/mol. The number of hydrogen-bond acceptors (Lipinski definition) is 3. The van der Waals surface area contributed by atoms with E-state index in [1.165, 1.54) is 0 Å². The molecule has 0 bridgehead atoms. The Balaban J connectivity index is 2.74. The lowest BCUT2D eigenvalue weighted by Crippen LogP contribution is -2.59. The molecule has 1 aliphatic heterocycles. The fourth-order valence-electron chi connectivity index (χ4n) is 1.65. The zero-order valence-corrected chi connectivity index (χ0v) is 8.62. The summed E-state index contributed by atoms with van der Waals surface area (Å²) in [6.45, 7) is 4.61. The van der Waals surface area contributed by atoms with Gasteiger partial charge in [0, 0.05) is 13.1 Å². The summed E-state index contributed by atoms with van der Waals surface area (Å²) in [7, 11) is 0. The molecule has 2 atom stereocenters. The van der Waals surface area contributed by atoms with Crippen molar-refractivity contribution in [3.63, 3.8) is 0 Å². The lowest BCUT2D eigenvalue weighted by molar-refractivity contribution is -0.144. The lowest BCUT2D eigenvalue weighted by Gasteiger charge is -2.35. The first-order valence-corrected chi connectivity index (χ1v) is 4.91. The summed E-state index contributed by atoms with van der Waals surface area (Å²) in [5.41, 5.74) is 5.51. The van der Waals surface area contributed by atoms with Crippen LogP contribution in [0.15, 0.2) is 0 Å². The highest BCUT2D eigenvalue weighted by Crippen LogP contribution is 2.09. The van der Waals surface area contributed by atoms with Crippen molar-refractivity contribution in [2.75, 3.05) is 13.1 Å². The molecule has 0 aromatic rings. The molecule has 2 amide bonds. The van der Waals surface area contributed by atoms with Crippen molar-refractivity contribution in [3.8, 4) is 0 Å². The molecule has 5 heteroatoms. The monoisotopic (exact) mass is 199 g/mol. The van der Waals surface area contributed by atoms with Gasteiger partial charge in [-0.2, -0.15) is 0 Å². The van der Waals surface area contributed by atoms with Crippen LogP contribution in [0.4, 0.5) is 0 Å². The number of piperazine rings is 1. The minimum Gasteiger partial charge on any atom is -0.353 e. The molecule has 3 N–H and O–H groups in total. The smallest absolute Gasteiger partial charge is 0.242 e. The van der Waals surface area contributed by atoms with Crippen LogP contribution in [0.25, 0.3) is 0 Å². The number of carbonyl (C=O) groups excluding carboxylic acids is 2. The summed E-state index contributed by atoms with van der Waals surface area (Å²) in [5, 5.41) is 2.73. The fraction of sp³-hybridized carbons (Fsp3) is 0.778. The Morgan fingerprint density at radius 1 is 1.79 bits per heavy atom. The highest BCUT2D eigenvalue weighted by molar-refractivity contribution is 5.90. The highest BCUT2D eigenvalue weighted by atomic mass is 16.2. The molecule has 0 aromatic carbocycles. The van der Waals surface area contributed by atoms with Gasteiger partial charge in [0.25, 0.3) is 0 Å². The van der Waals surface area contributed by atoms with Gasteiger partial charge in [-0.15, -0.1) is 0 Å². The van der Waals surface area contributed by atoms with Crippen LogP contribution in [0.3, 0.4) is 0 Å². The van der Waals surface area contributed by atoms with Gasteiger partial charge in [0.1, 0.15) is 6.04 Å². The number of nitrogens with two attached hydrogens (primary N) is 1. The molecule has 1 fully saturated rings. The molecule has 14 heavy (non-hydrogen) atoms. The number of amides is 2. The minimum atomic E-state index is -0.532. The molecule has 80 valence electrons. The van der Waals surface area contributed by atoms with Crippen molar-refractivity contribution in [2.45, 2.75) is 32.4 Å². The Morgan fingerprint density at radius 3 is 2.93 bits per heavy atom. The van der Waals surface area contributed by atoms with Gasteiger partial charge in [0.05, 0.1) is 6.04 Å². The van der Waals surface area contributed by atoms with E-state index in [1.807, 2.05) is 6.92 Å². The van der Waals surface area contributed by atoms with Crippen LogP contribution in [0, 0.1) is 0 Å². The molecule has 1 rings (SSSR count). The van der Waals surface area contributed by atoms with E-state index >= 15 is 0 Å². The minimum absolute atomic E-state index is 0.0762. The van der Waals surface area contributed by atoms with Gasteiger partial charge in [0.15, 0.2) is 0 Å². The van der Waals surface area contributed by atoms with E-state index in [1.54, 1.807) is 11.8 Å². The summed E-state index contributed by atoms with van der Waals surface area (Å²) in [6.07, 6.45) is 0.629. The number of nitrogens with one attached hydrogen (secondary N) is 1. The van der Waals surface area contributed by atoms with Gasteiger partial charge in [-0.3, -0.25) is 9.59 Å². The van der Waals surface area contributed by atoms with E-state index in [2.05, 4.69) is 5.32 Å². The van der Waals surface area contributed by atoms with Gasteiger partial charge < -0.3 is 16.0 Å². The van der Waals surface area contributed by atoms with Crippen molar-refractivity contribution < 1.29 is 9.59 Å². The first-order valence-electron chi connectivity index (χ1n) is 4.91. The molecule has 0 spiro atoms. The fourth-order valence-corrected chi connectivity index (χ4v) is 1.65. The zero-order valence-electron chi connectivity index (χ0n) is 8.62. The van der Waals surface area contributed by atoms with Gasteiger partial charge in [-0.05, 0) is 13.3 Å². The molecule has 1 saturated heterocycles. The highest BCUT2D eigenvalue weighted by Gasteiger charge is 2.32. The first kappa shape index (κ1) is 11.0. The number of carbonyl (C=O) groups is 2. The Labute approximate surface area is 83.6 Å². The SMILES string of the molecule is CCC1C(=O)NCCN1C(=O)[C@H](C)N. The average molecular weight is 199 g/mol.